The van der Waals surface area contributed by atoms with E-state index in [1.165, 1.54) is 16.7 Å². The molecule has 28 heavy (non-hydrogen) atoms. The molecule has 2 aliphatic heterocycles. The van der Waals surface area contributed by atoms with Crippen LogP contribution in [0, 0.1) is 6.92 Å². The van der Waals surface area contributed by atoms with Gasteiger partial charge in [-0.05, 0) is 63.0 Å². The average molecular weight is 380 g/mol. The molecule has 0 aliphatic carbocycles. The second-order valence-electron chi connectivity index (χ2n) is 7.83. The van der Waals surface area contributed by atoms with E-state index in [1.54, 1.807) is 14.2 Å². The monoisotopic (exact) mass is 379 g/mol. The van der Waals surface area contributed by atoms with Crippen LogP contribution in [0.3, 0.4) is 0 Å². The number of methoxy groups -OCH3 is 2. The maximum Gasteiger partial charge on any atom is 0.141 e. The van der Waals surface area contributed by atoms with E-state index in [4.69, 9.17) is 14.2 Å². The second kappa shape index (κ2) is 7.88. The predicted octanol–water partition coefficient (Wildman–Crippen LogP) is 4.80. The lowest BCUT2D eigenvalue weighted by Gasteiger charge is -2.31. The largest absolute Gasteiger partial charge is 0.496 e. The SMILES string of the molecule is COc1cc(OC)c(C2CCN(C)CC2)c2c1C/C(=C/c1ccccc1C)O2. The van der Waals surface area contributed by atoms with Gasteiger partial charge in [-0.15, -0.1) is 0 Å². The summed E-state index contributed by atoms with van der Waals surface area (Å²) in [6, 6.07) is 10.4. The Kier molecular flexibility index (Phi) is 5.31. The van der Waals surface area contributed by atoms with Crippen molar-refractivity contribution in [3.63, 3.8) is 0 Å². The van der Waals surface area contributed by atoms with Gasteiger partial charge in [0.25, 0.3) is 0 Å². The Morgan fingerprint density at radius 1 is 1.07 bits per heavy atom. The van der Waals surface area contributed by atoms with E-state index >= 15 is 0 Å². The van der Waals surface area contributed by atoms with Crippen molar-refractivity contribution in [2.75, 3.05) is 34.4 Å². The van der Waals surface area contributed by atoms with Crippen LogP contribution in [0.1, 0.15) is 41.0 Å². The first kappa shape index (κ1) is 18.9. The minimum Gasteiger partial charge on any atom is -0.496 e. The third-order valence-electron chi connectivity index (χ3n) is 6.00. The van der Waals surface area contributed by atoms with Crippen LogP contribution >= 0.6 is 0 Å². The Hall–Kier alpha value is -2.46. The number of likely N-dealkylation sites (tertiary alicyclic amines) is 1. The van der Waals surface area contributed by atoms with Crippen molar-refractivity contribution in [3.05, 3.63) is 58.3 Å². The number of hydrogen-bond acceptors (Lipinski definition) is 4. The summed E-state index contributed by atoms with van der Waals surface area (Å²) in [5, 5.41) is 0. The first-order valence-electron chi connectivity index (χ1n) is 10.0. The summed E-state index contributed by atoms with van der Waals surface area (Å²) in [4.78, 5) is 2.39. The van der Waals surface area contributed by atoms with Gasteiger partial charge in [0.15, 0.2) is 0 Å². The molecule has 1 saturated heterocycles. The molecule has 0 unspecified atom stereocenters. The number of aryl methyl sites for hydroxylation is 1. The second-order valence-corrected chi connectivity index (χ2v) is 7.83. The molecule has 148 valence electrons. The van der Waals surface area contributed by atoms with Crippen molar-refractivity contribution in [1.29, 1.82) is 0 Å². The molecule has 0 atom stereocenters. The van der Waals surface area contributed by atoms with Gasteiger partial charge in [0, 0.05) is 23.6 Å². The van der Waals surface area contributed by atoms with Crippen molar-refractivity contribution in [2.24, 2.45) is 0 Å². The minimum atomic E-state index is 0.448. The molecule has 2 aliphatic rings. The molecule has 0 aromatic heterocycles. The quantitative estimate of drug-likeness (QED) is 0.764. The predicted molar refractivity (Wildman–Crippen MR) is 113 cm³/mol. The summed E-state index contributed by atoms with van der Waals surface area (Å²) in [6.45, 7) is 4.32. The van der Waals surface area contributed by atoms with Crippen LogP contribution in [0.25, 0.3) is 6.08 Å². The summed E-state index contributed by atoms with van der Waals surface area (Å²) in [7, 11) is 5.64. The first-order valence-corrected chi connectivity index (χ1v) is 10.0. The third kappa shape index (κ3) is 3.49. The standard InChI is InChI=1S/C24H29NO3/c1-16-7-5-6-8-18(16)13-19-14-20-21(26-3)15-22(27-4)23(24(20)28-19)17-9-11-25(2)12-10-17/h5-8,13,15,17H,9-12,14H2,1-4H3/b19-13-. The number of allylic oxidation sites excluding steroid dienone is 1. The molecule has 4 nitrogen and oxygen atoms in total. The zero-order chi connectivity index (χ0) is 19.7. The molecule has 0 spiro atoms. The normalized spacial score (nSPS) is 18.8. The summed E-state index contributed by atoms with van der Waals surface area (Å²) >= 11 is 0. The first-order chi connectivity index (χ1) is 13.6. The summed E-state index contributed by atoms with van der Waals surface area (Å²) in [6.07, 6.45) is 5.13. The van der Waals surface area contributed by atoms with E-state index in [0.29, 0.717) is 5.92 Å². The zero-order valence-corrected chi connectivity index (χ0v) is 17.2. The van der Waals surface area contributed by atoms with Crippen molar-refractivity contribution < 1.29 is 14.2 Å². The lowest BCUT2D eigenvalue weighted by molar-refractivity contribution is 0.250. The van der Waals surface area contributed by atoms with Crippen LogP contribution in [0.15, 0.2) is 36.1 Å². The topological polar surface area (TPSA) is 30.9 Å². The fourth-order valence-electron chi connectivity index (χ4n) is 4.33. The molecule has 0 N–H and O–H groups in total. The number of hydrogen-bond donors (Lipinski definition) is 0. The number of fused-ring (bicyclic) bond motifs is 1. The third-order valence-corrected chi connectivity index (χ3v) is 6.00. The van der Waals surface area contributed by atoms with E-state index in [0.717, 1.165) is 60.9 Å². The van der Waals surface area contributed by atoms with E-state index in [1.807, 2.05) is 6.07 Å². The van der Waals surface area contributed by atoms with E-state index < -0.39 is 0 Å². The fraction of sp³-hybridized carbons (Fsp3) is 0.417. The van der Waals surface area contributed by atoms with Crippen LogP contribution in [0.4, 0.5) is 0 Å². The molecule has 4 rings (SSSR count). The Morgan fingerprint density at radius 3 is 2.46 bits per heavy atom. The Bertz CT molecular complexity index is 895. The lowest BCUT2D eigenvalue weighted by Crippen LogP contribution is -2.29. The molecule has 2 aromatic carbocycles. The summed E-state index contributed by atoms with van der Waals surface area (Å²) in [5.41, 5.74) is 4.78. The summed E-state index contributed by atoms with van der Waals surface area (Å²) < 4.78 is 17.9. The maximum absolute atomic E-state index is 6.45. The molecule has 2 heterocycles. The molecule has 0 radical (unpaired) electrons. The molecule has 0 saturated carbocycles. The van der Waals surface area contributed by atoms with Gasteiger partial charge in [0.05, 0.1) is 14.2 Å². The van der Waals surface area contributed by atoms with Gasteiger partial charge in [-0.1, -0.05) is 24.3 Å². The summed E-state index contributed by atoms with van der Waals surface area (Å²) in [5.74, 6) is 4.08. The van der Waals surface area contributed by atoms with Crippen LogP contribution < -0.4 is 14.2 Å². The number of piperidine rings is 1. The number of nitrogens with zero attached hydrogens (tertiary/aromatic N) is 1. The van der Waals surface area contributed by atoms with Crippen molar-refractivity contribution >= 4 is 6.08 Å². The molecular formula is C24H29NO3. The van der Waals surface area contributed by atoms with Gasteiger partial charge in [-0.25, -0.2) is 0 Å². The Balaban J connectivity index is 1.75. The highest BCUT2D eigenvalue weighted by Crippen LogP contribution is 2.50. The van der Waals surface area contributed by atoms with E-state index in [-0.39, 0.29) is 0 Å². The van der Waals surface area contributed by atoms with Gasteiger partial charge >= 0.3 is 0 Å². The van der Waals surface area contributed by atoms with Crippen LogP contribution in [-0.4, -0.2) is 39.3 Å². The number of benzene rings is 2. The van der Waals surface area contributed by atoms with Gasteiger partial charge in [0.2, 0.25) is 0 Å². The zero-order valence-electron chi connectivity index (χ0n) is 17.2. The van der Waals surface area contributed by atoms with Crippen molar-refractivity contribution in [1.82, 2.24) is 4.90 Å². The molecule has 0 amide bonds. The van der Waals surface area contributed by atoms with Crippen molar-refractivity contribution in [2.45, 2.75) is 32.1 Å². The van der Waals surface area contributed by atoms with Crippen LogP contribution in [-0.2, 0) is 6.42 Å². The number of rotatable bonds is 4. The smallest absolute Gasteiger partial charge is 0.141 e. The van der Waals surface area contributed by atoms with Gasteiger partial charge < -0.3 is 19.1 Å². The minimum absolute atomic E-state index is 0.448. The number of ether oxygens (including phenoxy) is 3. The van der Waals surface area contributed by atoms with Gasteiger partial charge in [-0.2, -0.15) is 0 Å². The molecule has 4 heteroatoms. The fourth-order valence-corrected chi connectivity index (χ4v) is 4.33. The molecule has 0 bridgehead atoms. The molecular weight excluding hydrogens is 350 g/mol. The molecule has 2 aromatic rings. The Labute approximate surface area is 167 Å². The maximum atomic E-state index is 6.45. The van der Waals surface area contributed by atoms with Gasteiger partial charge in [-0.3, -0.25) is 0 Å². The van der Waals surface area contributed by atoms with E-state index in [9.17, 15) is 0 Å². The average Bonchev–Trinajstić information content (AvgIpc) is 3.12. The lowest BCUT2D eigenvalue weighted by atomic mass is 9.87. The van der Waals surface area contributed by atoms with Crippen LogP contribution in [0.2, 0.25) is 0 Å². The van der Waals surface area contributed by atoms with E-state index in [2.05, 4.69) is 49.2 Å². The van der Waals surface area contributed by atoms with Crippen LogP contribution in [0.5, 0.6) is 17.2 Å². The highest BCUT2D eigenvalue weighted by Gasteiger charge is 2.33. The molecule has 1 fully saturated rings. The Morgan fingerprint density at radius 2 is 1.79 bits per heavy atom. The van der Waals surface area contributed by atoms with Gasteiger partial charge in [0.1, 0.15) is 23.0 Å². The highest BCUT2D eigenvalue weighted by molar-refractivity contribution is 5.66. The highest BCUT2D eigenvalue weighted by atomic mass is 16.5. The van der Waals surface area contributed by atoms with Crippen molar-refractivity contribution in [3.8, 4) is 17.2 Å².